The predicted octanol–water partition coefficient (Wildman–Crippen LogP) is 1.85. The van der Waals surface area contributed by atoms with Crippen LogP contribution in [0, 0.1) is 0 Å². The van der Waals surface area contributed by atoms with Gasteiger partial charge in [-0.1, -0.05) is 0 Å². The lowest BCUT2D eigenvalue weighted by molar-refractivity contribution is -0.0498. The highest BCUT2D eigenvalue weighted by Crippen LogP contribution is 2.26. The number of alkyl halides is 2. The Morgan fingerprint density at radius 1 is 1.65 bits per heavy atom. The summed E-state index contributed by atoms with van der Waals surface area (Å²) in [7, 11) is 0. The number of aliphatic hydroxyl groups is 1. The van der Waals surface area contributed by atoms with Crippen molar-refractivity contribution in [2.75, 3.05) is 6.54 Å². The van der Waals surface area contributed by atoms with Crippen molar-refractivity contribution in [1.29, 1.82) is 0 Å². The zero-order valence-corrected chi connectivity index (χ0v) is 9.97. The summed E-state index contributed by atoms with van der Waals surface area (Å²) in [5.74, 6) is -0.601. The highest BCUT2D eigenvalue weighted by molar-refractivity contribution is 7.12. The Hall–Kier alpha value is -1.21. The quantitative estimate of drug-likeness (QED) is 0.825. The van der Waals surface area contributed by atoms with E-state index in [9.17, 15) is 13.6 Å². The normalized spacial score (nSPS) is 12.5. The molecule has 0 aliphatic heterocycles. The number of hydrogen-bond donors (Lipinski definition) is 2. The van der Waals surface area contributed by atoms with E-state index in [1.807, 2.05) is 0 Å². The second kappa shape index (κ2) is 6.51. The molecule has 0 radical (unpaired) electrons. The smallest absolute Gasteiger partial charge is 0.387 e. The molecule has 7 heteroatoms. The molecule has 2 N–H and O–H groups in total. The molecule has 0 bridgehead atoms. The van der Waals surface area contributed by atoms with E-state index in [2.05, 4.69) is 10.1 Å². The van der Waals surface area contributed by atoms with Crippen molar-refractivity contribution in [3.8, 4) is 5.75 Å². The van der Waals surface area contributed by atoms with Crippen molar-refractivity contribution in [2.45, 2.75) is 26.1 Å². The molecule has 0 aliphatic rings. The van der Waals surface area contributed by atoms with E-state index < -0.39 is 18.6 Å². The second-order valence-electron chi connectivity index (χ2n) is 3.39. The summed E-state index contributed by atoms with van der Waals surface area (Å²) in [6, 6.07) is 1.32. The minimum atomic E-state index is -2.95. The standard InChI is InChI=1S/C10H13F2NO3S/c1-6(14)2-4-13-9(15)8-7(3-5-17-8)16-10(11)12/h3,5-6,10,14H,2,4H2,1H3,(H,13,15). The number of hydrogen-bond acceptors (Lipinski definition) is 4. The topological polar surface area (TPSA) is 58.6 Å². The number of rotatable bonds is 6. The summed E-state index contributed by atoms with van der Waals surface area (Å²) in [4.78, 5) is 11.7. The van der Waals surface area contributed by atoms with E-state index in [0.717, 1.165) is 11.3 Å². The SMILES string of the molecule is CC(O)CCNC(=O)c1sccc1OC(F)F. The largest absolute Gasteiger partial charge is 0.433 e. The Morgan fingerprint density at radius 3 is 2.94 bits per heavy atom. The zero-order valence-electron chi connectivity index (χ0n) is 9.15. The van der Waals surface area contributed by atoms with Crippen LogP contribution in [0.15, 0.2) is 11.4 Å². The summed E-state index contributed by atoms with van der Waals surface area (Å²) < 4.78 is 28.2. The number of carbonyl (C=O) groups is 1. The second-order valence-corrected chi connectivity index (χ2v) is 4.30. The summed E-state index contributed by atoms with van der Waals surface area (Å²) in [6.45, 7) is -1.07. The number of halogens is 2. The van der Waals surface area contributed by atoms with Crippen LogP contribution < -0.4 is 10.1 Å². The lowest BCUT2D eigenvalue weighted by Crippen LogP contribution is -2.26. The van der Waals surface area contributed by atoms with E-state index in [1.165, 1.54) is 11.4 Å². The molecule has 1 amide bonds. The maximum Gasteiger partial charge on any atom is 0.387 e. The molecule has 4 nitrogen and oxygen atoms in total. The van der Waals surface area contributed by atoms with Gasteiger partial charge < -0.3 is 15.2 Å². The Morgan fingerprint density at radius 2 is 2.35 bits per heavy atom. The van der Waals surface area contributed by atoms with Gasteiger partial charge in [-0.3, -0.25) is 4.79 Å². The molecule has 0 aliphatic carbocycles. The van der Waals surface area contributed by atoms with Crippen molar-refractivity contribution >= 4 is 17.2 Å². The molecule has 1 aromatic heterocycles. The minimum absolute atomic E-state index is 0.107. The summed E-state index contributed by atoms with van der Waals surface area (Å²) in [6.07, 6.45) is -0.113. The van der Waals surface area contributed by atoms with E-state index in [1.54, 1.807) is 6.92 Å². The summed E-state index contributed by atoms with van der Waals surface area (Å²) >= 11 is 1.03. The maximum atomic E-state index is 12.0. The number of amides is 1. The van der Waals surface area contributed by atoms with Gasteiger partial charge in [-0.2, -0.15) is 8.78 Å². The monoisotopic (exact) mass is 265 g/mol. The Bertz CT molecular complexity index is 368. The minimum Gasteiger partial charge on any atom is -0.433 e. The lowest BCUT2D eigenvalue weighted by atomic mass is 10.3. The first-order chi connectivity index (χ1) is 8.00. The average Bonchev–Trinajstić information content (AvgIpc) is 2.64. The fraction of sp³-hybridized carbons (Fsp3) is 0.500. The molecular weight excluding hydrogens is 252 g/mol. The number of carbonyl (C=O) groups excluding carboxylic acids is 1. The van der Waals surface area contributed by atoms with E-state index >= 15 is 0 Å². The van der Waals surface area contributed by atoms with Crippen LogP contribution in [-0.2, 0) is 0 Å². The summed E-state index contributed by atoms with van der Waals surface area (Å²) in [5.41, 5.74) is 0. The summed E-state index contributed by atoms with van der Waals surface area (Å²) in [5, 5.41) is 13.0. The number of thiophene rings is 1. The predicted molar refractivity (Wildman–Crippen MR) is 59.6 cm³/mol. The molecule has 17 heavy (non-hydrogen) atoms. The molecule has 96 valence electrons. The first kappa shape index (κ1) is 13.9. The highest BCUT2D eigenvalue weighted by atomic mass is 32.1. The molecule has 0 fully saturated rings. The molecule has 1 unspecified atom stereocenters. The lowest BCUT2D eigenvalue weighted by Gasteiger charge is -2.07. The molecular formula is C10H13F2NO3S. The van der Waals surface area contributed by atoms with Crippen LogP contribution in [0.25, 0.3) is 0 Å². The van der Waals surface area contributed by atoms with Crippen LogP contribution in [0.3, 0.4) is 0 Å². The van der Waals surface area contributed by atoms with Crippen molar-refractivity contribution in [2.24, 2.45) is 0 Å². The maximum absolute atomic E-state index is 12.0. The molecule has 0 aromatic carbocycles. The van der Waals surface area contributed by atoms with E-state index in [4.69, 9.17) is 5.11 Å². The Labute approximate surface area is 101 Å². The first-order valence-corrected chi connectivity index (χ1v) is 5.87. The van der Waals surface area contributed by atoms with Crippen LogP contribution in [0.5, 0.6) is 5.75 Å². The third-order valence-corrected chi connectivity index (χ3v) is 2.79. The van der Waals surface area contributed by atoms with Gasteiger partial charge in [0.25, 0.3) is 5.91 Å². The van der Waals surface area contributed by atoms with Gasteiger partial charge in [0.1, 0.15) is 10.6 Å². The Balaban J connectivity index is 2.53. The van der Waals surface area contributed by atoms with Crippen LogP contribution in [0.4, 0.5) is 8.78 Å². The molecule has 1 atom stereocenters. The molecule has 1 aromatic rings. The van der Waals surface area contributed by atoms with Crippen LogP contribution in [0.2, 0.25) is 0 Å². The number of ether oxygens (including phenoxy) is 1. The number of aliphatic hydroxyl groups excluding tert-OH is 1. The third-order valence-electron chi connectivity index (χ3n) is 1.90. The van der Waals surface area contributed by atoms with Gasteiger partial charge in [-0.25, -0.2) is 0 Å². The van der Waals surface area contributed by atoms with Crippen LogP contribution in [0.1, 0.15) is 23.0 Å². The highest BCUT2D eigenvalue weighted by Gasteiger charge is 2.17. The van der Waals surface area contributed by atoms with Gasteiger partial charge in [-0.05, 0) is 24.8 Å². The van der Waals surface area contributed by atoms with Gasteiger partial charge in [0.2, 0.25) is 0 Å². The van der Waals surface area contributed by atoms with Gasteiger partial charge in [0.15, 0.2) is 0 Å². The van der Waals surface area contributed by atoms with E-state index in [-0.39, 0.29) is 17.2 Å². The van der Waals surface area contributed by atoms with Crippen molar-refractivity contribution in [1.82, 2.24) is 5.32 Å². The fourth-order valence-corrected chi connectivity index (χ4v) is 1.87. The van der Waals surface area contributed by atoms with Crippen LogP contribution >= 0.6 is 11.3 Å². The van der Waals surface area contributed by atoms with E-state index in [0.29, 0.717) is 6.42 Å². The van der Waals surface area contributed by atoms with Crippen molar-refractivity contribution in [3.63, 3.8) is 0 Å². The molecule has 1 heterocycles. The average molecular weight is 265 g/mol. The van der Waals surface area contributed by atoms with Crippen molar-refractivity contribution in [3.05, 3.63) is 16.3 Å². The molecule has 0 spiro atoms. The van der Waals surface area contributed by atoms with Crippen LogP contribution in [-0.4, -0.2) is 30.3 Å². The van der Waals surface area contributed by atoms with Gasteiger partial charge in [0, 0.05) is 6.54 Å². The third kappa shape index (κ3) is 4.66. The zero-order chi connectivity index (χ0) is 12.8. The van der Waals surface area contributed by atoms with Gasteiger partial charge >= 0.3 is 6.61 Å². The fourth-order valence-electron chi connectivity index (χ4n) is 1.13. The Kier molecular flexibility index (Phi) is 5.30. The molecule has 0 saturated heterocycles. The van der Waals surface area contributed by atoms with Gasteiger partial charge in [-0.15, -0.1) is 11.3 Å². The number of nitrogens with one attached hydrogen (secondary N) is 1. The molecule has 1 rings (SSSR count). The first-order valence-electron chi connectivity index (χ1n) is 4.99. The molecule has 0 saturated carbocycles. The van der Waals surface area contributed by atoms with Gasteiger partial charge in [0.05, 0.1) is 6.10 Å². The van der Waals surface area contributed by atoms with Crippen molar-refractivity contribution < 1.29 is 23.4 Å².